The molecule has 0 aliphatic carbocycles. The van der Waals surface area contributed by atoms with Crippen LogP contribution < -0.4 is 22.1 Å². The molecule has 11 heteroatoms. The lowest BCUT2D eigenvalue weighted by Gasteiger charge is -2.29. The number of amides is 1. The van der Waals surface area contributed by atoms with Gasteiger partial charge < -0.3 is 26.8 Å². The number of nitrogens with one attached hydrogen (secondary N) is 2. The molecule has 28 heavy (non-hydrogen) atoms. The van der Waals surface area contributed by atoms with Crippen LogP contribution in [0.3, 0.4) is 0 Å². The zero-order chi connectivity index (χ0) is 19.7. The number of hydrogen-bond acceptors (Lipinski definition) is 9. The molecule has 1 aromatic carbocycles. The largest absolute Gasteiger partial charge is 0.380 e. The van der Waals surface area contributed by atoms with Crippen LogP contribution in [-0.4, -0.2) is 56.2 Å². The van der Waals surface area contributed by atoms with Crippen LogP contribution >= 0.6 is 0 Å². The molecule has 4 rings (SSSR count). The molecular weight excluding hydrogens is 362 g/mol. The van der Waals surface area contributed by atoms with Crippen LogP contribution in [0.15, 0.2) is 24.4 Å². The van der Waals surface area contributed by atoms with Gasteiger partial charge in [0.1, 0.15) is 0 Å². The van der Waals surface area contributed by atoms with Crippen LogP contribution in [-0.2, 0) is 11.8 Å². The zero-order valence-corrected chi connectivity index (χ0v) is 15.3. The Morgan fingerprint density at radius 2 is 2.21 bits per heavy atom. The van der Waals surface area contributed by atoms with E-state index in [0.717, 1.165) is 23.0 Å². The summed E-state index contributed by atoms with van der Waals surface area (Å²) in [4.78, 5) is 16.2. The first kappa shape index (κ1) is 18.1. The molecule has 11 nitrogen and oxygen atoms in total. The molecule has 3 aromatic rings. The van der Waals surface area contributed by atoms with Crippen molar-refractivity contribution in [2.45, 2.75) is 18.5 Å². The van der Waals surface area contributed by atoms with Gasteiger partial charge in [-0.25, -0.2) is 0 Å². The Morgan fingerprint density at radius 1 is 1.36 bits per heavy atom. The fraction of sp³-hybridized carbons (Fsp3) is 0.353. The van der Waals surface area contributed by atoms with Gasteiger partial charge in [-0.15, -0.1) is 10.2 Å². The van der Waals surface area contributed by atoms with Crippen molar-refractivity contribution >= 4 is 34.3 Å². The molecule has 0 saturated carbocycles. The van der Waals surface area contributed by atoms with Crippen LogP contribution in [0.1, 0.15) is 16.9 Å². The van der Waals surface area contributed by atoms with E-state index in [0.29, 0.717) is 13.2 Å². The minimum atomic E-state index is -0.727. The highest BCUT2D eigenvalue weighted by Gasteiger charge is 2.24. The molecule has 6 N–H and O–H groups in total. The fourth-order valence-electron chi connectivity index (χ4n) is 3.16. The highest BCUT2D eigenvalue weighted by Crippen LogP contribution is 2.26. The number of primary amides is 1. The normalized spacial score (nSPS) is 19.5. The maximum atomic E-state index is 11.8. The number of benzene rings is 1. The number of carbonyl (C=O) groups is 1. The summed E-state index contributed by atoms with van der Waals surface area (Å²) in [5.74, 6) is -0.259. The molecule has 0 radical (unpaired) electrons. The number of nitrogens with two attached hydrogens (primary N) is 2. The minimum Gasteiger partial charge on any atom is -0.380 e. The Labute approximate surface area is 160 Å². The second-order valence-electron chi connectivity index (χ2n) is 6.61. The highest BCUT2D eigenvalue weighted by molar-refractivity contribution is 5.98. The van der Waals surface area contributed by atoms with Crippen molar-refractivity contribution in [1.82, 2.24) is 25.0 Å². The van der Waals surface area contributed by atoms with E-state index < -0.39 is 5.91 Å². The number of aryl methyl sites for hydroxylation is 1. The molecular formula is C17H21N9O2. The van der Waals surface area contributed by atoms with E-state index in [2.05, 4.69) is 30.9 Å². The summed E-state index contributed by atoms with van der Waals surface area (Å²) >= 11 is 0. The lowest BCUT2D eigenvalue weighted by atomic mass is 10.1. The number of rotatable bonds is 5. The van der Waals surface area contributed by atoms with Gasteiger partial charge in [-0.05, 0) is 18.6 Å². The second kappa shape index (κ2) is 7.37. The van der Waals surface area contributed by atoms with Crippen molar-refractivity contribution < 1.29 is 9.53 Å². The van der Waals surface area contributed by atoms with Gasteiger partial charge in [0.25, 0.3) is 5.91 Å². The summed E-state index contributed by atoms with van der Waals surface area (Å²) < 4.78 is 7.10. The Balaban J connectivity index is 1.67. The molecule has 1 amide bonds. The molecule has 146 valence electrons. The summed E-state index contributed by atoms with van der Waals surface area (Å²) in [6.45, 7) is 1.06. The number of ether oxygens (including phenoxy) is 1. The second-order valence-corrected chi connectivity index (χ2v) is 6.61. The maximum absolute atomic E-state index is 11.8. The molecule has 1 aliphatic rings. The number of anilines is 3. The molecule has 0 spiro atoms. The van der Waals surface area contributed by atoms with Gasteiger partial charge in [0.15, 0.2) is 11.5 Å². The highest BCUT2D eigenvalue weighted by atomic mass is 16.5. The third-order valence-electron chi connectivity index (χ3n) is 4.68. The van der Waals surface area contributed by atoms with Crippen LogP contribution in [0.4, 0.5) is 17.5 Å². The lowest BCUT2D eigenvalue weighted by Crippen LogP contribution is -2.48. The third-order valence-corrected chi connectivity index (χ3v) is 4.68. The van der Waals surface area contributed by atoms with Gasteiger partial charge >= 0.3 is 0 Å². The molecule has 2 atom stereocenters. The predicted octanol–water partition coefficient (Wildman–Crippen LogP) is 0.129. The minimum absolute atomic E-state index is 0.0513. The van der Waals surface area contributed by atoms with Gasteiger partial charge in [-0.3, -0.25) is 9.48 Å². The van der Waals surface area contributed by atoms with E-state index in [1.165, 1.54) is 0 Å². The standard InChI is InChI=1S/C17H21N9O2/c1-26-13-4-2-3-11(9(13)7-20-26)21-16-14(15(19)27)24-25-17(23-16)22-12-5-6-28-8-10(12)18/h2-4,7,10,12H,5-6,8,18H2,1H3,(H2,19,27)(H2,21,22,23,25)/t10-,12+/m0/s1. The monoisotopic (exact) mass is 383 g/mol. The Hall–Kier alpha value is -3.31. The lowest BCUT2D eigenvalue weighted by molar-refractivity contribution is 0.0751. The first-order valence-electron chi connectivity index (χ1n) is 8.85. The van der Waals surface area contributed by atoms with Crippen molar-refractivity contribution in [3.63, 3.8) is 0 Å². The van der Waals surface area contributed by atoms with E-state index in [-0.39, 0.29) is 29.5 Å². The number of carbonyl (C=O) groups excluding carboxylic acids is 1. The SMILES string of the molecule is Cn1ncc2c(Nc3nc(N[C@@H]4CCOC[C@@H]4N)nnc3C(N)=O)cccc21. The average Bonchev–Trinajstić information content (AvgIpc) is 3.06. The topological polar surface area (TPSA) is 159 Å². The molecule has 0 unspecified atom stereocenters. The van der Waals surface area contributed by atoms with Gasteiger partial charge in [-0.2, -0.15) is 10.1 Å². The predicted molar refractivity (Wildman–Crippen MR) is 103 cm³/mol. The van der Waals surface area contributed by atoms with E-state index >= 15 is 0 Å². The number of fused-ring (bicyclic) bond motifs is 1. The summed E-state index contributed by atoms with van der Waals surface area (Å²) in [7, 11) is 1.85. The number of hydrogen-bond donors (Lipinski definition) is 4. The van der Waals surface area contributed by atoms with Crippen LogP contribution in [0.5, 0.6) is 0 Å². The molecule has 1 fully saturated rings. The molecule has 1 saturated heterocycles. The maximum Gasteiger partial charge on any atom is 0.273 e. The molecule has 2 aromatic heterocycles. The van der Waals surface area contributed by atoms with Crippen molar-refractivity contribution in [1.29, 1.82) is 0 Å². The van der Waals surface area contributed by atoms with Crippen LogP contribution in [0, 0.1) is 0 Å². The number of nitrogens with zero attached hydrogens (tertiary/aromatic N) is 5. The van der Waals surface area contributed by atoms with Crippen molar-refractivity contribution in [3.05, 3.63) is 30.1 Å². The summed E-state index contributed by atoms with van der Waals surface area (Å²) in [5, 5.41) is 19.4. The van der Waals surface area contributed by atoms with E-state index in [4.69, 9.17) is 16.2 Å². The first-order chi connectivity index (χ1) is 13.5. The summed E-state index contributed by atoms with van der Waals surface area (Å²) in [6.07, 6.45) is 2.45. The Bertz CT molecular complexity index is 1020. The van der Waals surface area contributed by atoms with E-state index in [1.54, 1.807) is 10.9 Å². The van der Waals surface area contributed by atoms with E-state index in [1.807, 2.05) is 25.2 Å². The Morgan fingerprint density at radius 3 is 3.00 bits per heavy atom. The quantitative estimate of drug-likeness (QED) is 0.480. The van der Waals surface area contributed by atoms with Gasteiger partial charge in [0, 0.05) is 31.1 Å². The zero-order valence-electron chi connectivity index (χ0n) is 15.3. The van der Waals surface area contributed by atoms with Gasteiger partial charge in [0.05, 0.1) is 24.0 Å². The first-order valence-corrected chi connectivity index (χ1v) is 8.85. The van der Waals surface area contributed by atoms with Crippen LogP contribution in [0.2, 0.25) is 0 Å². The third kappa shape index (κ3) is 3.44. The summed E-state index contributed by atoms with van der Waals surface area (Å²) in [5.41, 5.74) is 13.1. The molecule has 0 bridgehead atoms. The summed E-state index contributed by atoms with van der Waals surface area (Å²) in [6, 6.07) is 5.45. The van der Waals surface area contributed by atoms with Crippen molar-refractivity contribution in [3.8, 4) is 0 Å². The van der Waals surface area contributed by atoms with Crippen molar-refractivity contribution in [2.24, 2.45) is 18.5 Å². The van der Waals surface area contributed by atoms with Crippen LogP contribution in [0.25, 0.3) is 10.9 Å². The van der Waals surface area contributed by atoms with E-state index in [9.17, 15) is 4.79 Å². The number of aromatic nitrogens is 5. The molecule has 3 heterocycles. The van der Waals surface area contributed by atoms with Gasteiger partial charge in [0.2, 0.25) is 5.95 Å². The van der Waals surface area contributed by atoms with Gasteiger partial charge in [-0.1, -0.05) is 6.07 Å². The fourth-order valence-corrected chi connectivity index (χ4v) is 3.16. The Kier molecular flexibility index (Phi) is 4.75. The van der Waals surface area contributed by atoms with Crippen molar-refractivity contribution in [2.75, 3.05) is 23.8 Å². The average molecular weight is 383 g/mol. The molecule has 1 aliphatic heterocycles. The smallest absolute Gasteiger partial charge is 0.273 e.